The molecule has 2 aromatic carbocycles. The Morgan fingerprint density at radius 1 is 0.833 bits per heavy atom. The molecule has 0 bridgehead atoms. The molecule has 0 heterocycles. The number of benzene rings is 2. The minimum Gasteiger partial charge on any atom is -0.285 e. The predicted octanol–water partition coefficient (Wildman–Crippen LogP) is 0.941. The normalized spacial score (nSPS) is 17.8. The van der Waals surface area contributed by atoms with Crippen molar-refractivity contribution in [1.29, 1.82) is 0 Å². The third-order valence-corrected chi connectivity index (χ3v) is 13.5. The molecule has 0 saturated heterocycles. The smallest absolute Gasteiger partial charge is 0.274 e. The van der Waals surface area contributed by atoms with E-state index >= 15 is 0 Å². The van der Waals surface area contributed by atoms with Crippen molar-refractivity contribution >= 4 is 10.1 Å². The van der Waals surface area contributed by atoms with Crippen LogP contribution in [0, 0.1) is 7.14 Å². The Morgan fingerprint density at radius 3 is 1.71 bits per heavy atom. The van der Waals surface area contributed by atoms with Gasteiger partial charge in [-0.05, 0) is 37.1 Å². The molecule has 0 amide bonds. The molecular weight excluding hydrogens is 435 g/mol. The predicted molar refractivity (Wildman–Crippen MR) is 92.5 cm³/mol. The van der Waals surface area contributed by atoms with Gasteiger partial charge in [-0.1, -0.05) is 55.7 Å². The molecule has 0 spiro atoms. The maximum absolute atomic E-state index is 12.3. The van der Waals surface area contributed by atoms with Crippen LogP contribution in [-0.4, -0.2) is 22.1 Å². The third-order valence-electron chi connectivity index (χ3n) is 4.68. The van der Waals surface area contributed by atoms with Gasteiger partial charge in [0.1, 0.15) is 29.0 Å². The zero-order valence-corrected chi connectivity index (χ0v) is 16.5. The van der Waals surface area contributed by atoms with E-state index in [9.17, 15) is 13.0 Å². The molecule has 1 fully saturated rings. The van der Waals surface area contributed by atoms with Crippen LogP contribution in [0.25, 0.3) is 0 Å². The fourth-order valence-corrected chi connectivity index (χ4v) is 12.5. The van der Waals surface area contributed by atoms with Crippen LogP contribution in [0.5, 0.6) is 0 Å². The summed E-state index contributed by atoms with van der Waals surface area (Å²) in [6.45, 7) is 0. The monoisotopic (exact) mass is 458 g/mol. The lowest BCUT2D eigenvalue weighted by Crippen LogP contribution is -3.87. The zero-order valence-electron chi connectivity index (χ0n) is 13.6. The van der Waals surface area contributed by atoms with Crippen molar-refractivity contribution in [2.45, 2.75) is 36.9 Å². The van der Waals surface area contributed by atoms with Crippen LogP contribution in [-0.2, 0) is 10.1 Å². The topological polar surface area (TPSA) is 54.4 Å². The van der Waals surface area contributed by atoms with Crippen LogP contribution >= 0.6 is 0 Å². The Balaban J connectivity index is 2.03. The average Bonchev–Trinajstić information content (AvgIpc) is 2.61. The van der Waals surface area contributed by atoms with Crippen molar-refractivity contribution in [2.75, 3.05) is 4.43 Å². The van der Waals surface area contributed by atoms with Gasteiger partial charge in [0.15, 0.2) is 7.14 Å². The molecular formula is C19H23IO3S+. The van der Waals surface area contributed by atoms with Crippen molar-refractivity contribution in [2.24, 2.45) is 0 Å². The summed E-state index contributed by atoms with van der Waals surface area (Å²) in [7, 11) is -4.06. The Labute approximate surface area is 151 Å². The fraction of sp³-hybridized carbons (Fsp3) is 0.368. The quantitative estimate of drug-likeness (QED) is 0.413. The average molecular weight is 458 g/mol. The van der Waals surface area contributed by atoms with E-state index in [2.05, 4.69) is 24.3 Å². The Kier molecular flexibility index (Phi) is 5.62. The minimum absolute atomic E-state index is 0.583. The summed E-state index contributed by atoms with van der Waals surface area (Å²) in [6.07, 6.45) is 3.99. The highest BCUT2D eigenvalue weighted by atomic mass is 127. The van der Waals surface area contributed by atoms with Crippen LogP contribution in [0.2, 0.25) is 0 Å². The lowest BCUT2D eigenvalue weighted by Gasteiger charge is -2.32. The highest BCUT2D eigenvalue weighted by Crippen LogP contribution is 2.33. The van der Waals surface area contributed by atoms with E-state index in [0.29, 0.717) is 17.3 Å². The highest BCUT2D eigenvalue weighted by Gasteiger charge is 2.50. The molecule has 3 rings (SSSR count). The van der Waals surface area contributed by atoms with E-state index in [-0.39, 0.29) is 0 Å². The van der Waals surface area contributed by atoms with Crippen molar-refractivity contribution < 1.29 is 32.8 Å². The van der Waals surface area contributed by atoms with Gasteiger partial charge < -0.3 is 0 Å². The van der Waals surface area contributed by atoms with E-state index in [1.165, 1.54) is 7.14 Å². The lowest BCUT2D eigenvalue weighted by atomic mass is 9.90. The van der Waals surface area contributed by atoms with Crippen LogP contribution < -0.4 is 19.8 Å². The first-order chi connectivity index (χ1) is 11.5. The van der Waals surface area contributed by atoms with Gasteiger partial charge in [-0.15, -0.1) is 0 Å². The second kappa shape index (κ2) is 7.54. The summed E-state index contributed by atoms with van der Waals surface area (Å²) in [6, 6.07) is 20.5. The van der Waals surface area contributed by atoms with Crippen LogP contribution in [0.15, 0.2) is 60.7 Å². The molecule has 1 N–H and O–H groups in total. The van der Waals surface area contributed by atoms with Crippen molar-refractivity contribution in [3.8, 4) is 0 Å². The minimum atomic E-state index is -4.06. The molecule has 2 aromatic rings. The van der Waals surface area contributed by atoms with Gasteiger partial charge in [0.25, 0.3) is 10.1 Å². The number of rotatable bonds is 5. The number of halogens is 1. The molecule has 24 heavy (non-hydrogen) atoms. The van der Waals surface area contributed by atoms with Gasteiger partial charge in [0.05, 0.1) is 0 Å². The summed E-state index contributed by atoms with van der Waals surface area (Å²) in [5, 5.41) is 0. The largest absolute Gasteiger partial charge is 0.285 e. The van der Waals surface area contributed by atoms with E-state index in [4.69, 9.17) is 0 Å². The second-order valence-electron chi connectivity index (χ2n) is 6.31. The maximum Gasteiger partial charge on any atom is 0.274 e. The van der Waals surface area contributed by atoms with Crippen LogP contribution in [0.4, 0.5) is 0 Å². The number of alkyl halides is 1. The standard InChI is InChI=1S/C19H23IO3S/c21-24(22,23)19(14-8-3-9-15-19)16-20(17-10-4-1-5-11-17)18-12-6-2-7-13-18/h1-2,4-7,10-13H,3,8-9,14-16H2,(H,21,22,23)/q+1. The molecule has 129 valence electrons. The lowest BCUT2D eigenvalue weighted by molar-refractivity contribution is -0.858. The van der Waals surface area contributed by atoms with Crippen molar-refractivity contribution in [3.63, 3.8) is 0 Å². The number of hydrogen-bond acceptors (Lipinski definition) is 2. The van der Waals surface area contributed by atoms with Crippen LogP contribution in [0.3, 0.4) is 0 Å². The SMILES string of the molecule is O=S(=O)(O)C1(C[I+](c2ccccc2)c2ccccc2)CCCCC1. The van der Waals surface area contributed by atoms with Crippen LogP contribution in [0.1, 0.15) is 32.1 Å². The third kappa shape index (κ3) is 3.83. The molecule has 0 aromatic heterocycles. The van der Waals surface area contributed by atoms with E-state index in [0.717, 1.165) is 19.3 Å². The highest BCUT2D eigenvalue weighted by molar-refractivity contribution is 7.87. The summed E-state index contributed by atoms with van der Waals surface area (Å²) in [4.78, 5) is 0. The van der Waals surface area contributed by atoms with Gasteiger partial charge in [-0.3, -0.25) is 4.55 Å². The summed E-state index contributed by atoms with van der Waals surface area (Å²) < 4.78 is 36.7. The van der Waals surface area contributed by atoms with Gasteiger partial charge >= 0.3 is 0 Å². The molecule has 0 atom stereocenters. The molecule has 0 unspecified atom stereocenters. The van der Waals surface area contributed by atoms with Gasteiger partial charge in [-0.2, -0.15) is 8.42 Å². The Morgan fingerprint density at radius 2 is 1.29 bits per heavy atom. The van der Waals surface area contributed by atoms with E-state index in [1.54, 1.807) is 0 Å². The first kappa shape index (κ1) is 17.9. The van der Waals surface area contributed by atoms with Gasteiger partial charge in [0, 0.05) is 0 Å². The summed E-state index contributed by atoms with van der Waals surface area (Å²) in [5.74, 6) is 0. The van der Waals surface area contributed by atoms with Crippen molar-refractivity contribution in [3.05, 3.63) is 67.8 Å². The van der Waals surface area contributed by atoms with Gasteiger partial charge in [-0.25, -0.2) is 0 Å². The van der Waals surface area contributed by atoms with E-state index in [1.807, 2.05) is 36.4 Å². The maximum atomic E-state index is 12.3. The Hall–Kier alpha value is -0.920. The number of hydrogen-bond donors (Lipinski definition) is 1. The van der Waals surface area contributed by atoms with Crippen molar-refractivity contribution in [1.82, 2.24) is 0 Å². The van der Waals surface area contributed by atoms with Gasteiger partial charge in [0.2, 0.25) is 0 Å². The summed E-state index contributed by atoms with van der Waals surface area (Å²) in [5.41, 5.74) is 0. The van der Waals surface area contributed by atoms with E-state index < -0.39 is 34.7 Å². The molecule has 1 saturated carbocycles. The fourth-order valence-electron chi connectivity index (χ4n) is 3.31. The molecule has 1 radical (unpaired) electrons. The Bertz CT molecular complexity index is 714. The molecule has 3 nitrogen and oxygen atoms in total. The first-order valence-electron chi connectivity index (χ1n) is 8.25. The second-order valence-corrected chi connectivity index (χ2v) is 13.4. The summed E-state index contributed by atoms with van der Waals surface area (Å²) >= 11 is -1.95. The first-order valence-corrected chi connectivity index (χ1v) is 13.4. The zero-order chi connectivity index (χ0) is 17.0. The molecule has 1 aliphatic rings. The molecule has 1 aliphatic carbocycles. The molecule has 0 aliphatic heterocycles. The molecule has 5 heteroatoms.